The van der Waals surface area contributed by atoms with Crippen molar-refractivity contribution in [3.8, 4) is 33.5 Å². The molecule has 232 valence electrons. The van der Waals surface area contributed by atoms with Gasteiger partial charge in [0, 0.05) is 32.0 Å². The van der Waals surface area contributed by atoms with E-state index < -0.39 is 0 Å². The zero-order valence-corrected chi connectivity index (χ0v) is 27.7. The maximum Gasteiger partial charge on any atom is 0.235 e. The van der Waals surface area contributed by atoms with E-state index in [1.807, 2.05) is 0 Å². The monoisotopic (exact) mass is 653 g/mol. The first-order chi connectivity index (χ1) is 24.8. The van der Waals surface area contributed by atoms with Crippen molar-refractivity contribution in [2.75, 3.05) is 4.90 Å². The number of nitrogens with zero attached hydrogens (tertiary/aromatic N) is 3. The zero-order chi connectivity index (χ0) is 32.8. The van der Waals surface area contributed by atoms with Gasteiger partial charge in [-0.25, -0.2) is 9.97 Å². The molecule has 2 aromatic heterocycles. The highest BCUT2D eigenvalue weighted by Crippen LogP contribution is 2.53. The van der Waals surface area contributed by atoms with Crippen LogP contribution in [0, 0.1) is 0 Å². The topological polar surface area (TPSA) is 29.0 Å². The predicted octanol–water partition coefficient (Wildman–Crippen LogP) is 13.1. The Morgan fingerprint density at radius 3 is 1.96 bits per heavy atom. The molecular weight excluding hydrogens is 627 g/mol. The van der Waals surface area contributed by atoms with Crippen LogP contribution in [0.1, 0.15) is 0 Å². The van der Waals surface area contributed by atoms with Crippen molar-refractivity contribution in [1.29, 1.82) is 0 Å². The molecule has 0 bridgehead atoms. The van der Waals surface area contributed by atoms with E-state index in [4.69, 9.17) is 9.97 Å². The van der Waals surface area contributed by atoms with Crippen LogP contribution in [0.3, 0.4) is 0 Å². The smallest absolute Gasteiger partial charge is 0.235 e. The highest BCUT2D eigenvalue weighted by Gasteiger charge is 2.30. The third kappa shape index (κ3) is 3.91. The fourth-order valence-corrected chi connectivity index (χ4v) is 9.16. The van der Waals surface area contributed by atoms with E-state index >= 15 is 0 Å². The summed E-state index contributed by atoms with van der Waals surface area (Å²) in [6.45, 7) is 0. The van der Waals surface area contributed by atoms with Gasteiger partial charge < -0.3 is 0 Å². The molecule has 3 nitrogen and oxygen atoms in total. The molecule has 0 fully saturated rings. The number of anilines is 3. The minimum Gasteiger partial charge on any atom is -0.277 e. The Morgan fingerprint density at radius 1 is 0.440 bits per heavy atom. The first kappa shape index (κ1) is 27.6. The third-order valence-electron chi connectivity index (χ3n) is 10.2. The van der Waals surface area contributed by atoms with Gasteiger partial charge in [0.1, 0.15) is 0 Å². The van der Waals surface area contributed by atoms with Crippen molar-refractivity contribution >= 4 is 81.3 Å². The van der Waals surface area contributed by atoms with E-state index in [1.165, 1.54) is 59.3 Å². The summed E-state index contributed by atoms with van der Waals surface area (Å²) in [6.07, 6.45) is 0. The molecule has 4 heteroatoms. The number of fused-ring (bicyclic) bond motifs is 8. The number of hydrogen-bond acceptors (Lipinski definition) is 4. The highest BCUT2D eigenvalue weighted by molar-refractivity contribution is 7.26. The maximum atomic E-state index is 5.63. The van der Waals surface area contributed by atoms with Crippen LogP contribution in [0.5, 0.6) is 0 Å². The normalized spacial score (nSPS) is 12.4. The predicted molar refractivity (Wildman–Crippen MR) is 212 cm³/mol. The van der Waals surface area contributed by atoms with E-state index in [-0.39, 0.29) is 0 Å². The van der Waals surface area contributed by atoms with Crippen molar-refractivity contribution in [1.82, 2.24) is 9.97 Å². The van der Waals surface area contributed by atoms with Crippen LogP contribution in [0.15, 0.2) is 164 Å². The summed E-state index contributed by atoms with van der Waals surface area (Å²) in [6, 6.07) is 58.9. The Kier molecular flexibility index (Phi) is 5.83. The molecule has 0 saturated heterocycles. The van der Waals surface area contributed by atoms with Gasteiger partial charge in [-0.2, -0.15) is 0 Å². The third-order valence-corrected chi connectivity index (χ3v) is 11.4. The van der Waals surface area contributed by atoms with E-state index in [2.05, 4.69) is 169 Å². The molecule has 0 amide bonds. The molecule has 0 N–H and O–H groups in total. The average molecular weight is 654 g/mol. The lowest BCUT2D eigenvalue weighted by molar-refractivity contribution is 1.12. The van der Waals surface area contributed by atoms with E-state index in [0.717, 1.165) is 38.2 Å². The molecule has 10 aromatic rings. The average Bonchev–Trinajstić information content (AvgIpc) is 3.56. The van der Waals surface area contributed by atoms with Crippen LogP contribution in [-0.2, 0) is 0 Å². The van der Waals surface area contributed by atoms with E-state index in [9.17, 15) is 0 Å². The van der Waals surface area contributed by atoms with Gasteiger partial charge in [-0.3, -0.25) is 4.90 Å². The molecule has 0 saturated carbocycles. The molecule has 1 aliphatic heterocycles. The molecule has 8 aromatic carbocycles. The Labute approximate surface area is 292 Å². The van der Waals surface area contributed by atoms with Gasteiger partial charge in [0.15, 0.2) is 0 Å². The lowest BCUT2D eigenvalue weighted by Gasteiger charge is -2.33. The van der Waals surface area contributed by atoms with E-state index in [0.29, 0.717) is 5.95 Å². The van der Waals surface area contributed by atoms with Crippen molar-refractivity contribution in [2.24, 2.45) is 0 Å². The number of aromatic nitrogens is 2. The molecular formula is C46H27N3S. The second-order valence-electron chi connectivity index (χ2n) is 12.9. The minimum atomic E-state index is 0.673. The first-order valence-electron chi connectivity index (χ1n) is 16.9. The van der Waals surface area contributed by atoms with Gasteiger partial charge in [-0.1, -0.05) is 152 Å². The molecule has 0 spiro atoms. The lowest BCUT2D eigenvalue weighted by Crippen LogP contribution is -2.18. The molecule has 50 heavy (non-hydrogen) atoms. The Balaban J connectivity index is 1.27. The summed E-state index contributed by atoms with van der Waals surface area (Å²) in [5, 5.41) is 8.32. The molecule has 0 aliphatic carbocycles. The number of benzene rings is 8. The number of hydrogen-bond donors (Lipinski definition) is 0. The lowest BCUT2D eigenvalue weighted by atomic mass is 9.89. The van der Waals surface area contributed by atoms with Crippen LogP contribution < -0.4 is 4.90 Å². The molecule has 0 radical (unpaired) electrons. The number of rotatable bonds is 3. The van der Waals surface area contributed by atoms with Crippen LogP contribution in [0.25, 0.3) is 86.1 Å². The quantitative estimate of drug-likeness (QED) is 0.190. The highest BCUT2D eigenvalue weighted by atomic mass is 32.1. The van der Waals surface area contributed by atoms with Crippen molar-refractivity contribution in [3.63, 3.8) is 0 Å². The van der Waals surface area contributed by atoms with E-state index in [1.54, 1.807) is 11.3 Å². The number of thiophene rings is 1. The fraction of sp³-hybridized carbons (Fsp3) is 0. The second-order valence-corrected chi connectivity index (χ2v) is 14.0. The second kappa shape index (κ2) is 10.6. The first-order valence-corrected chi connectivity index (χ1v) is 17.7. The Bertz CT molecular complexity index is 2990. The van der Waals surface area contributed by atoms with Crippen LogP contribution in [-0.4, -0.2) is 9.97 Å². The summed E-state index contributed by atoms with van der Waals surface area (Å²) in [5.41, 5.74) is 10.1. The van der Waals surface area contributed by atoms with Gasteiger partial charge in [0.05, 0.1) is 27.3 Å². The molecule has 0 unspecified atom stereocenters. The van der Waals surface area contributed by atoms with Crippen molar-refractivity contribution in [2.45, 2.75) is 0 Å². The van der Waals surface area contributed by atoms with Crippen LogP contribution in [0.2, 0.25) is 0 Å². The molecule has 3 heterocycles. The SMILES string of the molecule is c1ccc(-c2ccc(-c3nc(N4c5c(ccc6ccccc56)-c5cccc6cccc4c56)nc4c3sc3ccccc34)c3ccccc23)cc1. The van der Waals surface area contributed by atoms with Gasteiger partial charge >= 0.3 is 0 Å². The van der Waals surface area contributed by atoms with Gasteiger partial charge in [-0.05, 0) is 50.4 Å². The van der Waals surface area contributed by atoms with Crippen molar-refractivity contribution in [3.05, 3.63) is 164 Å². The molecule has 1 aliphatic rings. The summed E-state index contributed by atoms with van der Waals surface area (Å²) in [4.78, 5) is 13.5. The fourth-order valence-electron chi connectivity index (χ4n) is 8.01. The van der Waals surface area contributed by atoms with Crippen molar-refractivity contribution < 1.29 is 0 Å². The zero-order valence-electron chi connectivity index (χ0n) is 26.8. The minimum absolute atomic E-state index is 0.673. The van der Waals surface area contributed by atoms with Gasteiger partial charge in [0.25, 0.3) is 0 Å². The summed E-state index contributed by atoms with van der Waals surface area (Å²) in [5.74, 6) is 0.673. The standard InChI is InChI=1S/C46H27N3S/c1-2-12-28(13-3-1)31-26-27-36(34-19-7-6-18-33(31)34)42-45-43(38-20-8-9-23-40(38)50-45)48-46(47-42)49-39-22-11-16-30-15-10-21-35(41(30)39)37-25-24-29-14-4-5-17-32(29)44(37)49/h1-27H. The van der Waals surface area contributed by atoms with Gasteiger partial charge in [0.2, 0.25) is 5.95 Å². The summed E-state index contributed by atoms with van der Waals surface area (Å²) >= 11 is 1.78. The Morgan fingerprint density at radius 2 is 1.10 bits per heavy atom. The van der Waals surface area contributed by atoms with Crippen LogP contribution >= 0.6 is 11.3 Å². The molecule has 11 rings (SSSR count). The maximum absolute atomic E-state index is 5.63. The van der Waals surface area contributed by atoms with Crippen LogP contribution in [0.4, 0.5) is 17.3 Å². The molecule has 0 atom stereocenters. The summed E-state index contributed by atoms with van der Waals surface area (Å²) < 4.78 is 2.30. The summed E-state index contributed by atoms with van der Waals surface area (Å²) in [7, 11) is 0. The largest absolute Gasteiger partial charge is 0.277 e. The Hall–Kier alpha value is -6.36. The van der Waals surface area contributed by atoms with Gasteiger partial charge in [-0.15, -0.1) is 11.3 Å².